The van der Waals surface area contributed by atoms with Crippen molar-refractivity contribution >= 4 is 11.9 Å². The monoisotopic (exact) mass is 186 g/mol. The predicted molar refractivity (Wildman–Crippen MR) is 46.4 cm³/mol. The van der Waals surface area contributed by atoms with E-state index in [1.54, 1.807) is 13.8 Å². The molecule has 0 aromatic heterocycles. The number of hydrogen-bond acceptors (Lipinski definition) is 4. The Morgan fingerprint density at radius 1 is 1.08 bits per heavy atom. The van der Waals surface area contributed by atoms with Gasteiger partial charge < -0.3 is 9.47 Å². The molecule has 0 aliphatic carbocycles. The van der Waals surface area contributed by atoms with Crippen molar-refractivity contribution in [2.45, 2.75) is 13.8 Å². The zero-order valence-electron chi connectivity index (χ0n) is 7.96. The van der Waals surface area contributed by atoms with Gasteiger partial charge in [-0.3, -0.25) is 9.59 Å². The second-order valence-electron chi connectivity index (χ2n) is 2.52. The minimum absolute atomic E-state index is 0.186. The van der Waals surface area contributed by atoms with Gasteiger partial charge in [0.25, 0.3) is 0 Å². The van der Waals surface area contributed by atoms with Crippen LogP contribution in [0.15, 0.2) is 0 Å². The van der Waals surface area contributed by atoms with Crippen molar-refractivity contribution in [3.8, 4) is 0 Å². The van der Waals surface area contributed by atoms with Gasteiger partial charge in [-0.1, -0.05) is 0 Å². The molecule has 0 spiro atoms. The lowest BCUT2D eigenvalue weighted by atomic mass is 9.94. The molecule has 0 rings (SSSR count). The summed E-state index contributed by atoms with van der Waals surface area (Å²) in [7, 11) is 0. The lowest BCUT2D eigenvalue weighted by Gasteiger charge is -2.19. The Morgan fingerprint density at radius 2 is 1.38 bits per heavy atom. The van der Waals surface area contributed by atoms with E-state index in [2.05, 4.69) is 23.3 Å². The van der Waals surface area contributed by atoms with Crippen LogP contribution in [-0.4, -0.2) is 25.2 Å². The second kappa shape index (κ2) is 4.84. The van der Waals surface area contributed by atoms with Crippen molar-refractivity contribution in [3.05, 3.63) is 13.8 Å². The van der Waals surface area contributed by atoms with E-state index in [1.807, 2.05) is 0 Å². The fourth-order valence-electron chi connectivity index (χ4n) is 0.622. The van der Waals surface area contributed by atoms with Crippen LogP contribution < -0.4 is 0 Å². The summed E-state index contributed by atoms with van der Waals surface area (Å²) in [6, 6.07) is 0. The number of rotatable bonds is 4. The highest BCUT2D eigenvalue weighted by Gasteiger charge is 2.39. The molecule has 0 atom stereocenters. The summed E-state index contributed by atoms with van der Waals surface area (Å²) >= 11 is 0. The van der Waals surface area contributed by atoms with Crippen molar-refractivity contribution in [1.29, 1.82) is 0 Å². The van der Waals surface area contributed by atoms with Crippen LogP contribution in [0, 0.1) is 19.3 Å². The minimum Gasteiger partial charge on any atom is -0.465 e. The molecule has 0 aliphatic heterocycles. The largest absolute Gasteiger partial charge is 0.465 e. The van der Waals surface area contributed by atoms with Crippen LogP contribution in [-0.2, 0) is 19.1 Å². The first-order valence-corrected chi connectivity index (χ1v) is 4.02. The summed E-state index contributed by atoms with van der Waals surface area (Å²) in [5.41, 5.74) is -1.70. The van der Waals surface area contributed by atoms with Gasteiger partial charge in [0.15, 0.2) is 5.41 Å². The first kappa shape index (κ1) is 11.9. The Labute approximate surface area is 78.2 Å². The van der Waals surface area contributed by atoms with E-state index in [4.69, 9.17) is 0 Å². The summed E-state index contributed by atoms with van der Waals surface area (Å²) < 4.78 is 9.22. The van der Waals surface area contributed by atoms with Crippen LogP contribution in [0.1, 0.15) is 13.8 Å². The first-order chi connectivity index (χ1) is 5.96. The van der Waals surface area contributed by atoms with Crippen molar-refractivity contribution in [2.75, 3.05) is 13.2 Å². The van der Waals surface area contributed by atoms with Crippen molar-refractivity contribution < 1.29 is 19.1 Å². The number of carbonyl (C=O) groups is 2. The molecule has 0 aromatic carbocycles. The molecule has 0 aliphatic rings. The molecule has 74 valence electrons. The van der Waals surface area contributed by atoms with E-state index < -0.39 is 17.4 Å². The molecule has 0 unspecified atom stereocenters. The number of ether oxygens (including phenoxy) is 2. The Balaban J connectivity index is 4.36. The molecule has 4 nitrogen and oxygen atoms in total. The van der Waals surface area contributed by atoms with Gasteiger partial charge in [-0.05, 0) is 27.7 Å². The summed E-state index contributed by atoms with van der Waals surface area (Å²) in [6.45, 7) is 10.3. The fourth-order valence-corrected chi connectivity index (χ4v) is 0.622. The highest BCUT2D eigenvalue weighted by atomic mass is 16.6. The average molecular weight is 186 g/mol. The molecule has 0 fully saturated rings. The van der Waals surface area contributed by atoms with Gasteiger partial charge in [-0.2, -0.15) is 0 Å². The van der Waals surface area contributed by atoms with Gasteiger partial charge in [0.1, 0.15) is 0 Å². The summed E-state index contributed by atoms with van der Waals surface area (Å²) in [5, 5.41) is 0. The van der Waals surface area contributed by atoms with Crippen molar-refractivity contribution in [3.63, 3.8) is 0 Å². The van der Waals surface area contributed by atoms with Crippen LogP contribution in [0.4, 0.5) is 0 Å². The fraction of sp³-hybridized carbons (Fsp3) is 0.556. The van der Waals surface area contributed by atoms with E-state index in [0.717, 1.165) is 0 Å². The summed E-state index contributed by atoms with van der Waals surface area (Å²) in [4.78, 5) is 22.3. The van der Waals surface area contributed by atoms with Gasteiger partial charge in [-0.25, -0.2) is 0 Å². The Morgan fingerprint density at radius 3 is 1.62 bits per heavy atom. The van der Waals surface area contributed by atoms with Crippen LogP contribution in [0.5, 0.6) is 0 Å². The smallest absolute Gasteiger partial charge is 0.323 e. The molecule has 2 radical (unpaired) electrons. The maximum Gasteiger partial charge on any atom is 0.323 e. The molecule has 0 heterocycles. The first-order valence-electron chi connectivity index (χ1n) is 4.02. The van der Waals surface area contributed by atoms with E-state index in [0.29, 0.717) is 0 Å². The molecular weight excluding hydrogens is 172 g/mol. The minimum atomic E-state index is -1.70. The maximum atomic E-state index is 11.1. The molecule has 0 amide bonds. The third-order valence-corrected chi connectivity index (χ3v) is 1.33. The zero-order chi connectivity index (χ0) is 10.5. The van der Waals surface area contributed by atoms with Gasteiger partial charge in [0.05, 0.1) is 13.2 Å². The maximum absolute atomic E-state index is 11.1. The number of carbonyl (C=O) groups excluding carboxylic acids is 2. The van der Waals surface area contributed by atoms with E-state index in [-0.39, 0.29) is 13.2 Å². The van der Waals surface area contributed by atoms with Crippen LogP contribution in [0.25, 0.3) is 0 Å². The molecule has 0 aromatic rings. The standard InChI is InChI=1S/C9H14O4/c1-5-12-7(10)9(3,4)8(11)13-6-2/h3-6H2,1-2H3. The summed E-state index contributed by atoms with van der Waals surface area (Å²) in [5.74, 6) is -1.54. The van der Waals surface area contributed by atoms with E-state index in [1.165, 1.54) is 0 Å². The second-order valence-corrected chi connectivity index (χ2v) is 2.52. The van der Waals surface area contributed by atoms with Gasteiger partial charge in [-0.15, -0.1) is 0 Å². The highest BCUT2D eigenvalue weighted by Crippen LogP contribution is 2.18. The molecule has 0 saturated carbocycles. The zero-order valence-corrected chi connectivity index (χ0v) is 7.96. The highest BCUT2D eigenvalue weighted by molar-refractivity contribution is 6.01. The van der Waals surface area contributed by atoms with Gasteiger partial charge >= 0.3 is 11.9 Å². The Hall–Kier alpha value is -1.06. The Bertz CT molecular complexity index is 176. The van der Waals surface area contributed by atoms with E-state index in [9.17, 15) is 9.59 Å². The number of hydrogen-bond donors (Lipinski definition) is 0. The molecule has 4 heteroatoms. The number of esters is 2. The van der Waals surface area contributed by atoms with Crippen LogP contribution in [0.3, 0.4) is 0 Å². The normalized spacial score (nSPS) is 10.8. The average Bonchev–Trinajstić information content (AvgIpc) is 2.05. The molecule has 0 N–H and O–H groups in total. The quantitative estimate of drug-likeness (QED) is 0.480. The van der Waals surface area contributed by atoms with Crippen LogP contribution >= 0.6 is 0 Å². The topological polar surface area (TPSA) is 52.6 Å². The molecule has 0 saturated heterocycles. The predicted octanol–water partition coefficient (Wildman–Crippen LogP) is 0.767. The summed E-state index contributed by atoms with van der Waals surface area (Å²) in [6.07, 6.45) is 0. The third-order valence-electron chi connectivity index (χ3n) is 1.33. The van der Waals surface area contributed by atoms with Gasteiger partial charge in [0, 0.05) is 0 Å². The van der Waals surface area contributed by atoms with Crippen LogP contribution in [0.2, 0.25) is 0 Å². The lowest BCUT2D eigenvalue weighted by molar-refractivity contribution is -0.164. The van der Waals surface area contributed by atoms with Crippen molar-refractivity contribution in [2.24, 2.45) is 5.41 Å². The third kappa shape index (κ3) is 3.05. The lowest BCUT2D eigenvalue weighted by Crippen LogP contribution is -2.37. The molecule has 0 bridgehead atoms. The molecular formula is C9H14O4. The van der Waals surface area contributed by atoms with Gasteiger partial charge in [0.2, 0.25) is 0 Å². The van der Waals surface area contributed by atoms with E-state index >= 15 is 0 Å². The SMILES string of the molecule is [CH2]C([CH2])(C(=O)OCC)C(=O)OCC. The molecule has 13 heavy (non-hydrogen) atoms. The van der Waals surface area contributed by atoms with Crippen molar-refractivity contribution in [1.82, 2.24) is 0 Å². The Kier molecular flexibility index (Phi) is 4.45.